The van der Waals surface area contributed by atoms with Gasteiger partial charge in [-0.15, -0.1) is 0 Å². The maximum absolute atomic E-state index is 11.5. The summed E-state index contributed by atoms with van der Waals surface area (Å²) in [5.74, 6) is -0.420. The lowest BCUT2D eigenvalue weighted by atomic mass is 10.1. The van der Waals surface area contributed by atoms with E-state index in [2.05, 4.69) is 15.9 Å². The first kappa shape index (κ1) is 12.4. The lowest BCUT2D eigenvalue weighted by molar-refractivity contribution is -0.133. The van der Waals surface area contributed by atoms with E-state index in [4.69, 9.17) is 5.73 Å². The summed E-state index contributed by atoms with van der Waals surface area (Å²) in [5, 5.41) is 0. The Morgan fingerprint density at radius 1 is 1.46 bits per heavy atom. The Hall–Kier alpha value is -0.580. The molecule has 13 heavy (non-hydrogen) atoms. The average molecular weight is 251 g/mol. The number of alkyl halides is 1. The number of primary amides is 1. The summed E-state index contributed by atoms with van der Waals surface area (Å²) in [5.41, 5.74) is 4.96. The van der Waals surface area contributed by atoms with Crippen LogP contribution in [0, 0.1) is 5.92 Å². The van der Waals surface area contributed by atoms with Crippen molar-refractivity contribution in [2.24, 2.45) is 11.7 Å². The minimum Gasteiger partial charge on any atom is -0.368 e. The van der Waals surface area contributed by atoms with E-state index in [0.29, 0.717) is 0 Å². The van der Waals surface area contributed by atoms with Crippen molar-refractivity contribution in [1.82, 2.24) is 4.90 Å². The Bertz CT molecular complexity index is 206. The number of carbonyl (C=O) groups is 2. The highest BCUT2D eigenvalue weighted by Crippen LogP contribution is 2.13. The number of hydrogen-bond donors (Lipinski definition) is 1. The van der Waals surface area contributed by atoms with Crippen LogP contribution in [0.2, 0.25) is 0 Å². The molecule has 4 nitrogen and oxygen atoms in total. The third kappa shape index (κ3) is 4.26. The van der Waals surface area contributed by atoms with E-state index < -0.39 is 5.91 Å². The van der Waals surface area contributed by atoms with Crippen LogP contribution in [-0.4, -0.2) is 35.1 Å². The number of nitrogens with two attached hydrogens (primary N) is 1. The van der Waals surface area contributed by atoms with Gasteiger partial charge in [-0.2, -0.15) is 0 Å². The Kier molecular flexibility index (Phi) is 4.98. The van der Waals surface area contributed by atoms with E-state index in [1.54, 1.807) is 7.05 Å². The molecular weight excluding hydrogens is 236 g/mol. The van der Waals surface area contributed by atoms with E-state index >= 15 is 0 Å². The van der Waals surface area contributed by atoms with Crippen LogP contribution in [0.5, 0.6) is 0 Å². The first-order valence-corrected chi connectivity index (χ1v) is 4.95. The quantitative estimate of drug-likeness (QED) is 0.733. The van der Waals surface area contributed by atoms with Crippen LogP contribution in [0.1, 0.15) is 13.8 Å². The molecule has 0 saturated heterocycles. The molecule has 0 bridgehead atoms. The van der Waals surface area contributed by atoms with Gasteiger partial charge in [0.1, 0.15) is 0 Å². The Morgan fingerprint density at radius 3 is 2.23 bits per heavy atom. The smallest absolute Gasteiger partial charge is 0.237 e. The summed E-state index contributed by atoms with van der Waals surface area (Å²) in [7, 11) is 1.56. The van der Waals surface area contributed by atoms with E-state index in [1.807, 2.05) is 13.8 Å². The van der Waals surface area contributed by atoms with E-state index in [-0.39, 0.29) is 23.2 Å². The molecule has 0 spiro atoms. The average Bonchev–Trinajstić information content (AvgIpc) is 2.00. The van der Waals surface area contributed by atoms with Gasteiger partial charge in [0.05, 0.1) is 11.4 Å². The Labute approximate surface area is 86.6 Å². The lowest BCUT2D eigenvalue weighted by Gasteiger charge is -2.20. The third-order valence-corrected chi connectivity index (χ3v) is 3.04. The van der Waals surface area contributed by atoms with Gasteiger partial charge in [0, 0.05) is 7.05 Å². The largest absolute Gasteiger partial charge is 0.368 e. The zero-order chi connectivity index (χ0) is 10.6. The molecule has 1 unspecified atom stereocenters. The van der Waals surface area contributed by atoms with Gasteiger partial charge in [-0.25, -0.2) is 0 Å². The first-order valence-electron chi connectivity index (χ1n) is 4.03. The highest BCUT2D eigenvalue weighted by atomic mass is 79.9. The van der Waals surface area contributed by atoms with Crippen molar-refractivity contribution in [2.75, 3.05) is 13.6 Å². The van der Waals surface area contributed by atoms with Crippen molar-refractivity contribution >= 4 is 27.7 Å². The molecule has 0 aliphatic carbocycles. The van der Waals surface area contributed by atoms with Gasteiger partial charge in [-0.1, -0.05) is 29.8 Å². The van der Waals surface area contributed by atoms with Gasteiger partial charge in [0.15, 0.2) is 0 Å². The summed E-state index contributed by atoms with van der Waals surface area (Å²) >= 11 is 3.25. The van der Waals surface area contributed by atoms with Gasteiger partial charge >= 0.3 is 0 Å². The van der Waals surface area contributed by atoms with Gasteiger partial charge in [-0.3, -0.25) is 9.59 Å². The van der Waals surface area contributed by atoms with Gasteiger partial charge in [-0.05, 0) is 5.92 Å². The van der Waals surface area contributed by atoms with Gasteiger partial charge < -0.3 is 10.6 Å². The summed E-state index contributed by atoms with van der Waals surface area (Å²) in [4.78, 5) is 23.1. The second kappa shape index (κ2) is 5.21. The maximum atomic E-state index is 11.5. The summed E-state index contributed by atoms with van der Waals surface area (Å²) in [6, 6.07) is 0. The van der Waals surface area contributed by atoms with E-state index in [9.17, 15) is 9.59 Å². The summed E-state index contributed by atoms with van der Waals surface area (Å²) < 4.78 is 0. The number of rotatable bonds is 4. The second-order valence-corrected chi connectivity index (χ2v) is 4.29. The number of nitrogens with zero attached hydrogens (tertiary/aromatic N) is 1. The molecule has 0 fully saturated rings. The molecule has 5 heteroatoms. The fourth-order valence-electron chi connectivity index (χ4n) is 0.807. The topological polar surface area (TPSA) is 63.4 Å². The molecule has 0 saturated carbocycles. The summed E-state index contributed by atoms with van der Waals surface area (Å²) in [6.07, 6.45) is 0. The number of carbonyl (C=O) groups excluding carboxylic acids is 2. The number of hydrogen-bond acceptors (Lipinski definition) is 2. The third-order valence-electron chi connectivity index (χ3n) is 1.59. The van der Waals surface area contributed by atoms with Crippen LogP contribution in [0.4, 0.5) is 0 Å². The highest BCUT2D eigenvalue weighted by molar-refractivity contribution is 9.10. The second-order valence-electron chi connectivity index (χ2n) is 3.31. The highest BCUT2D eigenvalue weighted by Gasteiger charge is 2.22. The number of halogens is 1. The molecule has 76 valence electrons. The van der Waals surface area contributed by atoms with E-state index in [0.717, 1.165) is 0 Å². The molecule has 1 atom stereocenters. The predicted octanol–water partition coefficient (Wildman–Crippen LogP) is 0.350. The minimum atomic E-state index is -0.501. The molecular formula is C8H15BrN2O2. The normalized spacial score (nSPS) is 12.7. The van der Waals surface area contributed by atoms with Crippen LogP contribution in [0.15, 0.2) is 0 Å². The van der Waals surface area contributed by atoms with Crippen LogP contribution in [0.25, 0.3) is 0 Å². The van der Waals surface area contributed by atoms with Crippen molar-refractivity contribution < 1.29 is 9.59 Å². The fraction of sp³-hybridized carbons (Fsp3) is 0.750. The SMILES string of the molecule is CC(C)C(Br)C(=O)N(C)CC(N)=O. The standard InChI is InChI=1S/C8H15BrN2O2/c1-5(2)7(9)8(13)11(3)4-6(10)12/h5,7H,4H2,1-3H3,(H2,10,12). The summed E-state index contributed by atoms with van der Waals surface area (Å²) in [6.45, 7) is 3.82. The molecule has 0 aromatic carbocycles. The molecule has 0 rings (SSSR count). The lowest BCUT2D eigenvalue weighted by Crippen LogP contribution is -2.40. The molecule has 0 aromatic rings. The van der Waals surface area contributed by atoms with Crippen molar-refractivity contribution in [1.29, 1.82) is 0 Å². The monoisotopic (exact) mass is 250 g/mol. The fourth-order valence-corrected chi connectivity index (χ4v) is 1.16. The zero-order valence-electron chi connectivity index (χ0n) is 8.08. The van der Waals surface area contributed by atoms with Crippen LogP contribution in [0.3, 0.4) is 0 Å². The molecule has 0 radical (unpaired) electrons. The molecule has 2 amide bonds. The molecule has 0 heterocycles. The van der Waals surface area contributed by atoms with Crippen molar-refractivity contribution in [3.05, 3.63) is 0 Å². The zero-order valence-corrected chi connectivity index (χ0v) is 9.67. The maximum Gasteiger partial charge on any atom is 0.237 e. The number of likely N-dealkylation sites (N-methyl/N-ethyl adjacent to an activating group) is 1. The van der Waals surface area contributed by atoms with Crippen LogP contribution >= 0.6 is 15.9 Å². The van der Waals surface area contributed by atoms with Gasteiger partial charge in [0.25, 0.3) is 0 Å². The predicted molar refractivity (Wildman–Crippen MR) is 54.4 cm³/mol. The Balaban J connectivity index is 4.17. The van der Waals surface area contributed by atoms with Crippen LogP contribution in [-0.2, 0) is 9.59 Å². The Morgan fingerprint density at radius 2 is 1.92 bits per heavy atom. The minimum absolute atomic E-state index is 0.0341. The van der Waals surface area contributed by atoms with Crippen LogP contribution < -0.4 is 5.73 Å². The number of amides is 2. The van der Waals surface area contributed by atoms with Crippen molar-refractivity contribution in [2.45, 2.75) is 18.7 Å². The molecule has 0 aliphatic heterocycles. The first-order chi connectivity index (χ1) is 5.86. The van der Waals surface area contributed by atoms with Crippen molar-refractivity contribution in [3.8, 4) is 0 Å². The van der Waals surface area contributed by atoms with E-state index in [1.165, 1.54) is 4.90 Å². The van der Waals surface area contributed by atoms with Gasteiger partial charge in [0.2, 0.25) is 11.8 Å². The van der Waals surface area contributed by atoms with Crippen molar-refractivity contribution in [3.63, 3.8) is 0 Å². The molecule has 0 aliphatic rings. The molecule has 2 N–H and O–H groups in total. The molecule has 0 aromatic heterocycles.